The topological polar surface area (TPSA) is 42.2 Å². The molecule has 3 heterocycles. The fourth-order valence-electron chi connectivity index (χ4n) is 3.01. The molecule has 1 aliphatic heterocycles. The molecule has 1 saturated carbocycles. The first-order chi connectivity index (χ1) is 8.18. The lowest BCUT2D eigenvalue weighted by Gasteiger charge is -2.23. The zero-order chi connectivity index (χ0) is 11.6. The summed E-state index contributed by atoms with van der Waals surface area (Å²) in [4.78, 5) is 4.37. The molecule has 4 nitrogen and oxygen atoms in total. The number of nitrogens with one attached hydrogen (secondary N) is 1. The molecule has 88 valence electrons. The Labute approximate surface area is 104 Å². The Bertz CT molecular complexity index is 616. The number of rotatable bonds is 1. The van der Waals surface area contributed by atoms with E-state index >= 15 is 0 Å². The number of halogens is 1. The molecule has 0 radical (unpaired) electrons. The van der Waals surface area contributed by atoms with Crippen LogP contribution in [0.3, 0.4) is 0 Å². The van der Waals surface area contributed by atoms with Crippen LogP contribution >= 0.6 is 11.6 Å². The highest BCUT2D eigenvalue weighted by molar-refractivity contribution is 6.29. The van der Waals surface area contributed by atoms with Crippen molar-refractivity contribution >= 4 is 22.9 Å². The van der Waals surface area contributed by atoms with Gasteiger partial charge in [0.25, 0.3) is 0 Å². The molecule has 0 spiro atoms. The molecule has 1 unspecified atom stereocenters. The summed E-state index contributed by atoms with van der Waals surface area (Å²) in [5.74, 6) is 0.768. The van der Waals surface area contributed by atoms with E-state index in [1.807, 2.05) is 16.8 Å². The second-order valence-electron chi connectivity index (χ2n) is 5.30. The molecule has 0 aromatic carbocycles. The zero-order valence-electron chi connectivity index (χ0n) is 9.57. The lowest BCUT2D eigenvalue weighted by Crippen LogP contribution is -2.29. The lowest BCUT2D eigenvalue weighted by molar-refractivity contribution is 0.431. The van der Waals surface area contributed by atoms with Gasteiger partial charge in [0.2, 0.25) is 0 Å². The van der Waals surface area contributed by atoms with E-state index in [1.165, 1.54) is 18.5 Å². The van der Waals surface area contributed by atoms with Crippen LogP contribution in [0.4, 0.5) is 5.69 Å². The number of hydrogen-bond acceptors (Lipinski definition) is 3. The molecule has 0 bridgehead atoms. The first-order valence-corrected chi connectivity index (χ1v) is 6.35. The van der Waals surface area contributed by atoms with E-state index in [0.29, 0.717) is 5.15 Å². The highest BCUT2D eigenvalue weighted by Crippen LogP contribution is 2.51. The molecule has 1 fully saturated rings. The van der Waals surface area contributed by atoms with Crippen molar-refractivity contribution in [3.63, 3.8) is 0 Å². The van der Waals surface area contributed by atoms with Crippen LogP contribution in [0.15, 0.2) is 12.3 Å². The van der Waals surface area contributed by atoms with Gasteiger partial charge in [-0.1, -0.05) is 18.5 Å². The van der Waals surface area contributed by atoms with Crippen molar-refractivity contribution in [3.8, 4) is 0 Å². The predicted octanol–water partition coefficient (Wildman–Crippen LogP) is 2.48. The molecule has 4 rings (SSSR count). The van der Waals surface area contributed by atoms with E-state index in [-0.39, 0.29) is 5.41 Å². The first-order valence-electron chi connectivity index (χ1n) is 5.97. The average Bonchev–Trinajstić information content (AvgIpc) is 3.01. The molecule has 5 heteroatoms. The minimum atomic E-state index is 0.172. The summed E-state index contributed by atoms with van der Waals surface area (Å²) in [5, 5.41) is 8.33. The third-order valence-corrected chi connectivity index (χ3v) is 4.30. The number of aromatic nitrogens is 3. The van der Waals surface area contributed by atoms with Gasteiger partial charge in [0, 0.05) is 18.0 Å². The van der Waals surface area contributed by atoms with Gasteiger partial charge in [0.15, 0.2) is 10.8 Å². The summed E-state index contributed by atoms with van der Waals surface area (Å²) in [6, 6.07) is 1.81. The maximum atomic E-state index is 5.98. The van der Waals surface area contributed by atoms with Crippen molar-refractivity contribution < 1.29 is 0 Å². The fraction of sp³-hybridized carbons (Fsp3) is 0.500. The Morgan fingerprint density at radius 1 is 1.53 bits per heavy atom. The smallest absolute Gasteiger partial charge is 0.156 e. The van der Waals surface area contributed by atoms with Gasteiger partial charge in [-0.2, -0.15) is 5.10 Å². The normalized spacial score (nSPS) is 27.2. The van der Waals surface area contributed by atoms with Crippen LogP contribution < -0.4 is 5.32 Å². The number of hydrogen-bond donors (Lipinski definition) is 1. The first kappa shape index (κ1) is 9.71. The number of anilines is 1. The van der Waals surface area contributed by atoms with Gasteiger partial charge in [-0.15, -0.1) is 0 Å². The largest absolute Gasteiger partial charge is 0.381 e. The highest BCUT2D eigenvalue weighted by atomic mass is 35.5. The second kappa shape index (κ2) is 2.93. The Morgan fingerprint density at radius 2 is 2.35 bits per heavy atom. The van der Waals surface area contributed by atoms with Crippen LogP contribution in [0, 0.1) is 5.92 Å². The summed E-state index contributed by atoms with van der Waals surface area (Å²) < 4.78 is 1.91. The molecule has 1 aliphatic carbocycles. The van der Waals surface area contributed by atoms with E-state index in [0.717, 1.165) is 23.8 Å². The Balaban J connectivity index is 2.04. The Kier molecular flexibility index (Phi) is 1.67. The Morgan fingerprint density at radius 3 is 3.12 bits per heavy atom. The zero-order valence-corrected chi connectivity index (χ0v) is 10.3. The fourth-order valence-corrected chi connectivity index (χ4v) is 3.18. The standard InChI is InChI=1S/C12H13ClN4/c1-12(7-2-3-7)6-15-8-5-14-10-4-9(13)16-17(10)11(8)12/h4-5,7,15H,2-3,6H2,1H3. The van der Waals surface area contributed by atoms with Gasteiger partial charge in [0.05, 0.1) is 17.6 Å². The molecule has 17 heavy (non-hydrogen) atoms. The van der Waals surface area contributed by atoms with Gasteiger partial charge in [-0.25, -0.2) is 9.50 Å². The van der Waals surface area contributed by atoms with E-state index in [2.05, 4.69) is 22.3 Å². The summed E-state index contributed by atoms with van der Waals surface area (Å²) in [6.07, 6.45) is 4.53. The van der Waals surface area contributed by atoms with Crippen molar-refractivity contribution in [1.82, 2.24) is 14.6 Å². The molecule has 0 amide bonds. The van der Waals surface area contributed by atoms with Gasteiger partial charge in [-0.3, -0.25) is 0 Å². The van der Waals surface area contributed by atoms with Crippen LogP contribution in [0.5, 0.6) is 0 Å². The lowest BCUT2D eigenvalue weighted by atomic mass is 9.83. The molecule has 1 N–H and O–H groups in total. The predicted molar refractivity (Wildman–Crippen MR) is 66.6 cm³/mol. The quantitative estimate of drug-likeness (QED) is 0.843. The maximum absolute atomic E-state index is 5.98. The average molecular weight is 249 g/mol. The molecule has 2 aromatic rings. The van der Waals surface area contributed by atoms with Crippen LogP contribution in [0.2, 0.25) is 5.15 Å². The van der Waals surface area contributed by atoms with E-state index < -0.39 is 0 Å². The van der Waals surface area contributed by atoms with Crippen molar-refractivity contribution in [3.05, 3.63) is 23.1 Å². The monoisotopic (exact) mass is 248 g/mol. The number of fused-ring (bicyclic) bond motifs is 3. The number of nitrogens with zero attached hydrogens (tertiary/aromatic N) is 3. The second-order valence-corrected chi connectivity index (χ2v) is 5.69. The van der Waals surface area contributed by atoms with Crippen LogP contribution in [0.25, 0.3) is 5.65 Å². The Hall–Kier alpha value is -1.29. The third-order valence-electron chi connectivity index (χ3n) is 4.12. The van der Waals surface area contributed by atoms with Gasteiger partial charge < -0.3 is 5.32 Å². The van der Waals surface area contributed by atoms with Gasteiger partial charge in [0.1, 0.15) is 0 Å². The van der Waals surface area contributed by atoms with E-state index in [1.54, 1.807) is 0 Å². The molecule has 0 saturated heterocycles. The summed E-state index contributed by atoms with van der Waals surface area (Å²) >= 11 is 5.98. The SMILES string of the molecule is CC1(C2CC2)CNc2cnc3cc(Cl)nn3c21. The van der Waals surface area contributed by atoms with Crippen molar-refractivity contribution in [1.29, 1.82) is 0 Å². The van der Waals surface area contributed by atoms with Gasteiger partial charge in [-0.05, 0) is 18.8 Å². The van der Waals surface area contributed by atoms with Crippen LogP contribution in [-0.2, 0) is 5.41 Å². The molecule has 2 aliphatic rings. The summed E-state index contributed by atoms with van der Waals surface area (Å²) in [5.41, 5.74) is 3.36. The summed E-state index contributed by atoms with van der Waals surface area (Å²) in [6.45, 7) is 3.30. The third kappa shape index (κ3) is 1.19. The van der Waals surface area contributed by atoms with Crippen LogP contribution in [0.1, 0.15) is 25.5 Å². The molecule has 2 aromatic heterocycles. The van der Waals surface area contributed by atoms with Crippen molar-refractivity contribution in [2.75, 3.05) is 11.9 Å². The minimum absolute atomic E-state index is 0.172. The van der Waals surface area contributed by atoms with Crippen molar-refractivity contribution in [2.24, 2.45) is 5.92 Å². The summed E-state index contributed by atoms with van der Waals surface area (Å²) in [7, 11) is 0. The van der Waals surface area contributed by atoms with Crippen LogP contribution in [-0.4, -0.2) is 21.1 Å². The van der Waals surface area contributed by atoms with E-state index in [4.69, 9.17) is 11.6 Å². The molecular formula is C12H13ClN4. The minimum Gasteiger partial charge on any atom is -0.381 e. The molecule has 1 atom stereocenters. The maximum Gasteiger partial charge on any atom is 0.156 e. The molecular weight excluding hydrogens is 236 g/mol. The van der Waals surface area contributed by atoms with E-state index in [9.17, 15) is 0 Å². The highest BCUT2D eigenvalue weighted by Gasteiger charge is 2.48. The van der Waals surface area contributed by atoms with Crippen molar-refractivity contribution in [2.45, 2.75) is 25.2 Å². The van der Waals surface area contributed by atoms with Gasteiger partial charge >= 0.3 is 0 Å².